The fraction of sp³-hybridized carbons (Fsp3) is 0.226. The first-order valence-electron chi connectivity index (χ1n) is 13.6. The van der Waals surface area contributed by atoms with Crippen molar-refractivity contribution in [1.29, 1.82) is 5.26 Å². The van der Waals surface area contributed by atoms with E-state index in [9.17, 15) is 9.65 Å². The molecule has 0 amide bonds. The molecule has 1 aliphatic heterocycles. The zero-order chi connectivity index (χ0) is 29.2. The predicted octanol–water partition coefficient (Wildman–Crippen LogP) is 7.22. The van der Waals surface area contributed by atoms with E-state index in [1.54, 1.807) is 16.8 Å². The van der Waals surface area contributed by atoms with Gasteiger partial charge < -0.3 is 10.6 Å². The molecule has 1 fully saturated rings. The Morgan fingerprint density at radius 2 is 1.86 bits per heavy atom. The van der Waals surface area contributed by atoms with Crippen molar-refractivity contribution in [1.82, 2.24) is 24.9 Å². The van der Waals surface area contributed by atoms with Crippen LogP contribution in [0.25, 0.3) is 10.9 Å². The SMILES string of the molecule is Cn1cc(C(Nc2cc(Cl)c3ncc(C#N)c(Nc4ccc(F)c(Cl)c4)c3c2)c2cccc(CN3CCCC3)c2)nn1. The predicted molar refractivity (Wildman–Crippen MR) is 164 cm³/mol. The number of rotatable bonds is 8. The first-order chi connectivity index (χ1) is 20.4. The van der Waals surface area contributed by atoms with Crippen LogP contribution in [-0.4, -0.2) is 38.0 Å². The minimum absolute atomic E-state index is 0.0315. The minimum atomic E-state index is -0.531. The molecule has 42 heavy (non-hydrogen) atoms. The number of halogens is 3. The molecule has 5 aromatic rings. The second-order valence-electron chi connectivity index (χ2n) is 10.4. The number of likely N-dealkylation sites (tertiary alicyclic amines) is 1. The van der Waals surface area contributed by atoms with Crippen LogP contribution in [0.4, 0.5) is 21.5 Å². The molecule has 8 nitrogen and oxygen atoms in total. The largest absolute Gasteiger partial charge is 0.373 e. The lowest BCUT2D eigenvalue weighted by molar-refractivity contribution is 0.331. The van der Waals surface area contributed by atoms with E-state index in [1.807, 2.05) is 19.3 Å². The zero-order valence-corrected chi connectivity index (χ0v) is 24.3. The molecule has 6 rings (SSSR count). The number of hydrogen-bond donors (Lipinski definition) is 2. The van der Waals surface area contributed by atoms with E-state index in [0.717, 1.165) is 30.9 Å². The normalized spacial score (nSPS) is 14.2. The van der Waals surface area contributed by atoms with E-state index in [-0.39, 0.29) is 11.1 Å². The van der Waals surface area contributed by atoms with Crippen molar-refractivity contribution in [3.63, 3.8) is 0 Å². The second-order valence-corrected chi connectivity index (χ2v) is 11.2. The van der Waals surface area contributed by atoms with Gasteiger partial charge in [-0.05, 0) is 67.4 Å². The van der Waals surface area contributed by atoms with Gasteiger partial charge in [-0.25, -0.2) is 4.39 Å². The Morgan fingerprint density at radius 1 is 1.05 bits per heavy atom. The van der Waals surface area contributed by atoms with Crippen LogP contribution < -0.4 is 10.6 Å². The Morgan fingerprint density at radius 3 is 2.60 bits per heavy atom. The topological polar surface area (TPSA) is 94.7 Å². The van der Waals surface area contributed by atoms with Gasteiger partial charge in [-0.15, -0.1) is 5.10 Å². The Kier molecular flexibility index (Phi) is 7.94. The number of nitrogens with one attached hydrogen (secondary N) is 2. The number of nitriles is 1. The maximum absolute atomic E-state index is 13.8. The van der Waals surface area contributed by atoms with Crippen molar-refractivity contribution in [2.24, 2.45) is 7.05 Å². The Hall–Kier alpha value is -4.23. The number of hydrogen-bond acceptors (Lipinski definition) is 7. The number of aryl methyl sites for hydroxylation is 1. The lowest BCUT2D eigenvalue weighted by Crippen LogP contribution is -2.19. The highest BCUT2D eigenvalue weighted by molar-refractivity contribution is 6.36. The maximum atomic E-state index is 13.8. The van der Waals surface area contributed by atoms with E-state index in [4.69, 9.17) is 23.2 Å². The highest BCUT2D eigenvalue weighted by atomic mass is 35.5. The molecule has 2 aromatic heterocycles. The van der Waals surface area contributed by atoms with Crippen LogP contribution in [0.2, 0.25) is 10.0 Å². The van der Waals surface area contributed by atoms with E-state index in [0.29, 0.717) is 38.6 Å². The fourth-order valence-corrected chi connectivity index (χ4v) is 5.79. The number of nitrogens with zero attached hydrogens (tertiary/aromatic N) is 6. The third kappa shape index (κ3) is 5.88. The van der Waals surface area contributed by atoms with Crippen LogP contribution in [-0.2, 0) is 13.6 Å². The fourth-order valence-electron chi connectivity index (χ4n) is 5.34. The molecule has 2 N–H and O–H groups in total. The molecule has 0 aliphatic carbocycles. The first kappa shape index (κ1) is 27.9. The molecular formula is C31H27Cl2FN8. The second kappa shape index (κ2) is 11.9. The molecule has 0 spiro atoms. The van der Waals surface area contributed by atoms with Crippen molar-refractivity contribution in [2.75, 3.05) is 23.7 Å². The summed E-state index contributed by atoms with van der Waals surface area (Å²) in [7, 11) is 1.83. The molecule has 212 valence electrons. The van der Waals surface area contributed by atoms with E-state index in [1.165, 1.54) is 36.7 Å². The summed E-state index contributed by atoms with van der Waals surface area (Å²) in [5, 5.41) is 26.3. The molecule has 3 aromatic carbocycles. The number of aromatic nitrogens is 4. The summed E-state index contributed by atoms with van der Waals surface area (Å²) in [5.74, 6) is -0.531. The van der Waals surface area contributed by atoms with Crippen LogP contribution in [0.5, 0.6) is 0 Å². The van der Waals surface area contributed by atoms with Crippen molar-refractivity contribution >= 4 is 51.2 Å². The van der Waals surface area contributed by atoms with Crippen molar-refractivity contribution < 1.29 is 4.39 Å². The summed E-state index contributed by atoms with van der Waals surface area (Å²) in [5.41, 5.74) is 5.53. The van der Waals surface area contributed by atoms with E-state index in [2.05, 4.69) is 61.2 Å². The smallest absolute Gasteiger partial charge is 0.141 e. The van der Waals surface area contributed by atoms with Gasteiger partial charge in [0, 0.05) is 36.6 Å². The van der Waals surface area contributed by atoms with Gasteiger partial charge in [0.15, 0.2) is 0 Å². The number of anilines is 3. The standard InChI is InChI=1S/C31H27Cl2FN8/c1-41-18-28(39-40-41)30(20-6-4-5-19(11-20)17-42-9-2-3-10-42)38-23-12-24-29(37-22-7-8-27(34)25(32)13-22)21(15-35)16-36-31(24)26(33)14-23/h4-8,11-14,16,18,30,38H,2-3,9-10,17H2,1H3,(H,36,37). The van der Waals surface area contributed by atoms with Crippen LogP contribution in [0.3, 0.4) is 0 Å². The molecule has 0 saturated carbocycles. The van der Waals surface area contributed by atoms with Gasteiger partial charge in [-0.1, -0.05) is 52.7 Å². The average molecular weight is 602 g/mol. The van der Waals surface area contributed by atoms with Gasteiger partial charge in [-0.2, -0.15) is 5.26 Å². The van der Waals surface area contributed by atoms with Gasteiger partial charge in [0.05, 0.1) is 39.1 Å². The third-order valence-corrected chi connectivity index (χ3v) is 7.93. The molecule has 11 heteroatoms. The van der Waals surface area contributed by atoms with Crippen molar-refractivity contribution in [2.45, 2.75) is 25.4 Å². The van der Waals surface area contributed by atoms with Crippen molar-refractivity contribution in [3.05, 3.63) is 105 Å². The highest BCUT2D eigenvalue weighted by Gasteiger charge is 2.21. The summed E-state index contributed by atoms with van der Waals surface area (Å²) in [6.45, 7) is 3.13. The van der Waals surface area contributed by atoms with Gasteiger partial charge in [0.1, 0.15) is 17.6 Å². The molecule has 1 atom stereocenters. The van der Waals surface area contributed by atoms with Crippen LogP contribution in [0.1, 0.15) is 41.3 Å². The number of benzene rings is 3. The molecule has 3 heterocycles. The monoisotopic (exact) mass is 600 g/mol. The number of pyridine rings is 1. The quantitative estimate of drug-likeness (QED) is 0.194. The third-order valence-electron chi connectivity index (χ3n) is 7.35. The Balaban J connectivity index is 1.40. The van der Waals surface area contributed by atoms with E-state index < -0.39 is 5.82 Å². The summed E-state index contributed by atoms with van der Waals surface area (Å²) in [4.78, 5) is 6.92. The lowest BCUT2D eigenvalue weighted by Gasteiger charge is -2.21. The highest BCUT2D eigenvalue weighted by Crippen LogP contribution is 2.37. The molecule has 0 bridgehead atoms. The minimum Gasteiger partial charge on any atom is -0.373 e. The van der Waals surface area contributed by atoms with Crippen LogP contribution >= 0.6 is 23.2 Å². The van der Waals surface area contributed by atoms with Gasteiger partial charge in [0.25, 0.3) is 0 Å². The van der Waals surface area contributed by atoms with Gasteiger partial charge >= 0.3 is 0 Å². The average Bonchev–Trinajstić information content (AvgIpc) is 3.66. The first-order valence-corrected chi connectivity index (χ1v) is 14.3. The van der Waals surface area contributed by atoms with Crippen molar-refractivity contribution in [3.8, 4) is 6.07 Å². The lowest BCUT2D eigenvalue weighted by atomic mass is 10.0. The van der Waals surface area contributed by atoms with E-state index >= 15 is 0 Å². The summed E-state index contributed by atoms with van der Waals surface area (Å²) < 4.78 is 15.5. The summed E-state index contributed by atoms with van der Waals surface area (Å²) in [6.07, 6.45) is 5.82. The molecule has 1 saturated heterocycles. The zero-order valence-electron chi connectivity index (χ0n) is 22.8. The van der Waals surface area contributed by atoms with Crippen LogP contribution in [0, 0.1) is 17.1 Å². The molecular weight excluding hydrogens is 574 g/mol. The maximum Gasteiger partial charge on any atom is 0.141 e. The molecule has 0 radical (unpaired) electrons. The Labute approximate surface area is 252 Å². The molecule has 1 aliphatic rings. The molecule has 1 unspecified atom stereocenters. The summed E-state index contributed by atoms with van der Waals surface area (Å²) in [6, 6.07) is 18.3. The number of fused-ring (bicyclic) bond motifs is 1. The van der Waals surface area contributed by atoms with Crippen LogP contribution in [0.15, 0.2) is 67.0 Å². The Bertz CT molecular complexity index is 1810. The van der Waals surface area contributed by atoms with Gasteiger partial charge in [-0.3, -0.25) is 14.6 Å². The van der Waals surface area contributed by atoms with Gasteiger partial charge in [0.2, 0.25) is 0 Å². The summed E-state index contributed by atoms with van der Waals surface area (Å²) >= 11 is 12.8.